The van der Waals surface area contributed by atoms with Crippen LogP contribution in [0.25, 0.3) is 27.7 Å². The Morgan fingerprint density at radius 2 is 1.68 bits per heavy atom. The number of nitrogens with zero attached hydrogens (tertiary/aromatic N) is 5. The number of benzene rings is 3. The van der Waals surface area contributed by atoms with E-state index in [9.17, 15) is 4.79 Å². The van der Waals surface area contributed by atoms with Crippen LogP contribution in [0.15, 0.2) is 97.2 Å². The van der Waals surface area contributed by atoms with Crippen molar-refractivity contribution in [3.63, 3.8) is 0 Å². The molecule has 7 nitrogen and oxygen atoms in total. The first-order valence-corrected chi connectivity index (χ1v) is 12.4. The van der Waals surface area contributed by atoms with Crippen LogP contribution in [0, 0.1) is 6.92 Å². The maximum atomic E-state index is 13.2. The zero-order valence-electron chi connectivity index (χ0n) is 20.5. The van der Waals surface area contributed by atoms with E-state index in [0.29, 0.717) is 25.2 Å². The van der Waals surface area contributed by atoms with E-state index in [1.165, 1.54) is 22.3 Å². The minimum Gasteiger partial charge on any atom is -0.350 e. The molecule has 0 saturated carbocycles. The molecule has 1 amide bonds. The molecule has 182 valence electrons. The summed E-state index contributed by atoms with van der Waals surface area (Å²) in [5, 5.41) is 17.0. The highest BCUT2D eigenvalue weighted by molar-refractivity contribution is 6.04. The molecule has 0 spiro atoms. The van der Waals surface area contributed by atoms with Crippen LogP contribution in [0.1, 0.15) is 27.4 Å². The third kappa shape index (κ3) is 4.36. The van der Waals surface area contributed by atoms with Crippen molar-refractivity contribution < 1.29 is 4.79 Å². The van der Waals surface area contributed by atoms with Crippen molar-refractivity contribution in [2.24, 2.45) is 0 Å². The molecule has 0 bridgehead atoms. The van der Waals surface area contributed by atoms with Crippen molar-refractivity contribution in [2.45, 2.75) is 19.9 Å². The van der Waals surface area contributed by atoms with Crippen LogP contribution < -0.4 is 5.32 Å². The van der Waals surface area contributed by atoms with Gasteiger partial charge in [-0.05, 0) is 47.4 Å². The second-order valence-electron chi connectivity index (χ2n) is 9.03. The number of hydrogen-bond donors (Lipinski definition) is 1. The van der Waals surface area contributed by atoms with Gasteiger partial charge >= 0.3 is 0 Å². The topological polar surface area (TPSA) is 77.1 Å². The summed E-state index contributed by atoms with van der Waals surface area (Å²) >= 11 is 0. The SMILES string of the molecule is Cc1c(Cn2nc(C(=O)NCCc3nnc4ccccn34)c3ccccc32)cccc1-c1ccccc1. The maximum absolute atomic E-state index is 13.2. The molecule has 0 atom stereocenters. The molecule has 0 aliphatic heterocycles. The van der Waals surface area contributed by atoms with Crippen molar-refractivity contribution in [1.29, 1.82) is 0 Å². The predicted octanol–water partition coefficient (Wildman–Crippen LogP) is 5.08. The first-order chi connectivity index (χ1) is 18.2. The maximum Gasteiger partial charge on any atom is 0.272 e. The Labute approximate surface area is 214 Å². The first-order valence-electron chi connectivity index (χ1n) is 12.4. The van der Waals surface area contributed by atoms with Gasteiger partial charge in [0, 0.05) is 24.5 Å². The lowest BCUT2D eigenvalue weighted by atomic mass is 9.96. The molecule has 0 aliphatic rings. The third-order valence-electron chi connectivity index (χ3n) is 6.74. The monoisotopic (exact) mass is 486 g/mol. The number of aromatic nitrogens is 5. The first kappa shape index (κ1) is 22.7. The van der Waals surface area contributed by atoms with Crippen molar-refractivity contribution in [3.05, 3.63) is 120 Å². The number of para-hydroxylation sites is 1. The predicted molar refractivity (Wildman–Crippen MR) is 144 cm³/mol. The van der Waals surface area contributed by atoms with Gasteiger partial charge in [-0.15, -0.1) is 10.2 Å². The number of amides is 1. The van der Waals surface area contributed by atoms with Crippen LogP contribution >= 0.6 is 0 Å². The van der Waals surface area contributed by atoms with E-state index >= 15 is 0 Å². The highest BCUT2D eigenvalue weighted by Gasteiger charge is 2.18. The highest BCUT2D eigenvalue weighted by atomic mass is 16.1. The van der Waals surface area contributed by atoms with Gasteiger partial charge in [0.25, 0.3) is 5.91 Å². The highest BCUT2D eigenvalue weighted by Crippen LogP contribution is 2.27. The summed E-state index contributed by atoms with van der Waals surface area (Å²) < 4.78 is 3.86. The zero-order valence-corrected chi connectivity index (χ0v) is 20.5. The lowest BCUT2D eigenvalue weighted by molar-refractivity contribution is 0.0949. The van der Waals surface area contributed by atoms with E-state index in [1.54, 1.807) is 0 Å². The molecule has 1 N–H and O–H groups in total. The molecule has 37 heavy (non-hydrogen) atoms. The minimum atomic E-state index is -0.196. The molecular weight excluding hydrogens is 460 g/mol. The molecule has 3 heterocycles. The van der Waals surface area contributed by atoms with Crippen LogP contribution in [0.5, 0.6) is 0 Å². The molecule has 0 aliphatic carbocycles. The lowest BCUT2D eigenvalue weighted by Gasteiger charge is -2.12. The average Bonchev–Trinajstić information content (AvgIpc) is 3.52. The zero-order chi connectivity index (χ0) is 25.2. The number of fused-ring (bicyclic) bond motifs is 2. The Kier molecular flexibility index (Phi) is 5.94. The molecule has 0 saturated heterocycles. The number of pyridine rings is 1. The lowest BCUT2D eigenvalue weighted by Crippen LogP contribution is -2.27. The van der Waals surface area contributed by atoms with E-state index in [-0.39, 0.29) is 5.91 Å². The summed E-state index contributed by atoms with van der Waals surface area (Å²) in [4.78, 5) is 13.2. The Hall–Kier alpha value is -4.78. The second kappa shape index (κ2) is 9.70. The van der Waals surface area contributed by atoms with Crippen molar-refractivity contribution in [1.82, 2.24) is 29.7 Å². The largest absolute Gasteiger partial charge is 0.350 e. The van der Waals surface area contributed by atoms with Crippen LogP contribution in [-0.2, 0) is 13.0 Å². The molecular formula is C30H26N6O. The van der Waals surface area contributed by atoms with Gasteiger partial charge in [-0.1, -0.05) is 72.8 Å². The standard InChI is InChI=1S/C30H26N6O/c1-21-23(12-9-14-24(21)22-10-3-2-4-11-22)20-36-26-15-6-5-13-25(26)29(34-36)30(37)31-18-17-28-33-32-27-16-7-8-19-35(27)28/h2-16,19H,17-18,20H2,1H3,(H,31,37). The van der Waals surface area contributed by atoms with E-state index in [0.717, 1.165) is 22.4 Å². The van der Waals surface area contributed by atoms with Crippen molar-refractivity contribution >= 4 is 22.5 Å². The van der Waals surface area contributed by atoms with Crippen LogP contribution in [0.2, 0.25) is 0 Å². The second-order valence-corrected chi connectivity index (χ2v) is 9.03. The van der Waals surface area contributed by atoms with Crippen molar-refractivity contribution in [2.75, 3.05) is 6.54 Å². The summed E-state index contributed by atoms with van der Waals surface area (Å²) in [5.74, 6) is 0.610. The number of hydrogen-bond acceptors (Lipinski definition) is 4. The smallest absolute Gasteiger partial charge is 0.272 e. The Bertz CT molecular complexity index is 1720. The summed E-state index contributed by atoms with van der Waals surface area (Å²) in [6.07, 6.45) is 2.50. The van der Waals surface area contributed by atoms with Gasteiger partial charge in [0.1, 0.15) is 5.82 Å². The molecule has 3 aromatic heterocycles. The van der Waals surface area contributed by atoms with Gasteiger partial charge in [-0.3, -0.25) is 13.9 Å². The fourth-order valence-corrected chi connectivity index (χ4v) is 4.80. The normalized spacial score (nSPS) is 11.3. The number of rotatable bonds is 7. The fraction of sp³-hybridized carbons (Fsp3) is 0.133. The van der Waals surface area contributed by atoms with Gasteiger partial charge in [-0.2, -0.15) is 5.10 Å². The average molecular weight is 487 g/mol. The number of nitrogens with one attached hydrogen (secondary N) is 1. The van der Waals surface area contributed by atoms with Gasteiger partial charge in [-0.25, -0.2) is 0 Å². The molecule has 0 unspecified atom stereocenters. The molecule has 3 aromatic carbocycles. The van der Waals surface area contributed by atoms with Gasteiger partial charge in [0.2, 0.25) is 0 Å². The van der Waals surface area contributed by atoms with Crippen LogP contribution in [-0.4, -0.2) is 36.8 Å². The summed E-state index contributed by atoms with van der Waals surface area (Å²) in [7, 11) is 0. The van der Waals surface area contributed by atoms with Gasteiger partial charge < -0.3 is 5.32 Å². The molecule has 0 fully saturated rings. The molecule has 6 aromatic rings. The van der Waals surface area contributed by atoms with Crippen LogP contribution in [0.3, 0.4) is 0 Å². The van der Waals surface area contributed by atoms with E-state index < -0.39 is 0 Å². The Morgan fingerprint density at radius 1 is 0.865 bits per heavy atom. The van der Waals surface area contributed by atoms with Gasteiger partial charge in [0.05, 0.1) is 12.1 Å². The third-order valence-corrected chi connectivity index (χ3v) is 6.74. The van der Waals surface area contributed by atoms with E-state index in [1.807, 2.05) is 63.8 Å². The van der Waals surface area contributed by atoms with Crippen molar-refractivity contribution in [3.8, 4) is 11.1 Å². The molecule has 7 heteroatoms. The summed E-state index contributed by atoms with van der Waals surface area (Å²) in [6, 6.07) is 30.4. The Morgan fingerprint density at radius 3 is 2.57 bits per heavy atom. The number of carbonyl (C=O) groups excluding carboxylic acids is 1. The quantitative estimate of drug-likeness (QED) is 0.342. The van der Waals surface area contributed by atoms with Crippen LogP contribution in [0.4, 0.5) is 0 Å². The summed E-state index contributed by atoms with van der Waals surface area (Å²) in [6.45, 7) is 3.16. The molecule has 0 radical (unpaired) electrons. The Balaban J connectivity index is 1.24. The minimum absolute atomic E-state index is 0.196. The fourth-order valence-electron chi connectivity index (χ4n) is 4.80. The van der Waals surface area contributed by atoms with E-state index in [4.69, 9.17) is 5.10 Å². The van der Waals surface area contributed by atoms with E-state index in [2.05, 4.69) is 64.9 Å². The summed E-state index contributed by atoms with van der Waals surface area (Å²) in [5.41, 5.74) is 6.92. The number of carbonyl (C=O) groups is 1. The van der Waals surface area contributed by atoms with Gasteiger partial charge in [0.15, 0.2) is 11.3 Å². The molecule has 6 rings (SSSR count).